The number of ketones is 1. The Kier molecular flexibility index (Phi) is 3.85. The van der Waals surface area contributed by atoms with Crippen LogP contribution in [0.15, 0.2) is 30.6 Å². The monoisotopic (exact) mass is 260 g/mol. The first-order valence-corrected chi connectivity index (χ1v) is 5.99. The minimum Gasteiger partial charge on any atom is -0.493 e. The van der Waals surface area contributed by atoms with Gasteiger partial charge in [-0.15, -0.1) is 0 Å². The summed E-state index contributed by atoms with van der Waals surface area (Å²) in [7, 11) is 3.10. The molecule has 0 atom stereocenters. The van der Waals surface area contributed by atoms with E-state index in [0.717, 1.165) is 0 Å². The Morgan fingerprint density at radius 1 is 1.26 bits per heavy atom. The van der Waals surface area contributed by atoms with Crippen molar-refractivity contribution < 1.29 is 14.3 Å². The van der Waals surface area contributed by atoms with Crippen LogP contribution in [0.4, 0.5) is 0 Å². The lowest BCUT2D eigenvalue weighted by atomic mass is 10.1. The van der Waals surface area contributed by atoms with Crippen LogP contribution in [-0.4, -0.2) is 29.6 Å². The maximum atomic E-state index is 12.4. The predicted molar refractivity (Wildman–Crippen MR) is 70.9 cm³/mol. The summed E-state index contributed by atoms with van der Waals surface area (Å²) in [4.78, 5) is 16.5. The van der Waals surface area contributed by atoms with Crippen LogP contribution in [0.2, 0.25) is 0 Å². The zero-order chi connectivity index (χ0) is 13.8. The third-order valence-electron chi connectivity index (χ3n) is 2.90. The Balaban J connectivity index is 2.39. The van der Waals surface area contributed by atoms with Crippen LogP contribution >= 0.6 is 0 Å². The second kappa shape index (κ2) is 5.56. The molecule has 0 saturated heterocycles. The normalized spacial score (nSPS) is 10.3. The molecule has 0 fully saturated rings. The van der Waals surface area contributed by atoms with Crippen molar-refractivity contribution in [2.75, 3.05) is 14.2 Å². The maximum Gasteiger partial charge on any atom is 0.228 e. The van der Waals surface area contributed by atoms with Gasteiger partial charge in [0.25, 0.3) is 0 Å². The van der Waals surface area contributed by atoms with Crippen LogP contribution in [0.5, 0.6) is 11.5 Å². The molecular formula is C14H16N2O3. The molecule has 1 aromatic heterocycles. The highest BCUT2D eigenvalue weighted by Crippen LogP contribution is 2.28. The van der Waals surface area contributed by atoms with Gasteiger partial charge in [-0.05, 0) is 25.1 Å². The summed E-state index contributed by atoms with van der Waals surface area (Å²) < 4.78 is 12.2. The molecule has 0 unspecified atom stereocenters. The number of hydrogen-bond acceptors (Lipinski definition) is 4. The van der Waals surface area contributed by atoms with E-state index in [4.69, 9.17) is 9.47 Å². The van der Waals surface area contributed by atoms with Gasteiger partial charge in [0.05, 0.1) is 14.2 Å². The van der Waals surface area contributed by atoms with Gasteiger partial charge in [0.2, 0.25) is 5.78 Å². The van der Waals surface area contributed by atoms with Gasteiger partial charge in [0.15, 0.2) is 17.3 Å². The molecule has 2 aromatic rings. The van der Waals surface area contributed by atoms with Gasteiger partial charge < -0.3 is 14.0 Å². The van der Waals surface area contributed by atoms with Crippen LogP contribution in [-0.2, 0) is 6.54 Å². The van der Waals surface area contributed by atoms with Crippen LogP contribution in [0, 0.1) is 0 Å². The molecule has 0 spiro atoms. The molecule has 2 rings (SSSR count). The second-order valence-electron chi connectivity index (χ2n) is 3.94. The molecule has 5 nitrogen and oxygen atoms in total. The van der Waals surface area contributed by atoms with Crippen molar-refractivity contribution in [3.63, 3.8) is 0 Å². The molecule has 1 aromatic carbocycles. The van der Waals surface area contributed by atoms with Crippen molar-refractivity contribution in [1.29, 1.82) is 0 Å². The van der Waals surface area contributed by atoms with Crippen molar-refractivity contribution in [2.45, 2.75) is 13.5 Å². The van der Waals surface area contributed by atoms with Crippen molar-refractivity contribution >= 4 is 5.78 Å². The number of nitrogens with zero attached hydrogens (tertiary/aromatic N) is 2. The Morgan fingerprint density at radius 3 is 2.63 bits per heavy atom. The Labute approximate surface area is 111 Å². The van der Waals surface area contributed by atoms with E-state index >= 15 is 0 Å². The first kappa shape index (κ1) is 13.1. The van der Waals surface area contributed by atoms with E-state index in [2.05, 4.69) is 4.98 Å². The number of ether oxygens (including phenoxy) is 2. The SMILES string of the molecule is CCn1ccnc1C(=O)c1ccc(OC)c(OC)c1. The van der Waals surface area contributed by atoms with Crippen molar-refractivity contribution in [3.8, 4) is 11.5 Å². The third kappa shape index (κ3) is 2.45. The zero-order valence-electron chi connectivity index (χ0n) is 11.2. The van der Waals surface area contributed by atoms with Gasteiger partial charge in [-0.2, -0.15) is 0 Å². The summed E-state index contributed by atoms with van der Waals surface area (Å²) in [6.07, 6.45) is 3.41. The minimum atomic E-state index is -0.132. The first-order chi connectivity index (χ1) is 9.21. The largest absolute Gasteiger partial charge is 0.493 e. The molecule has 0 saturated carbocycles. The number of imidazole rings is 1. The lowest BCUT2D eigenvalue weighted by molar-refractivity contribution is 0.102. The molecule has 0 aliphatic heterocycles. The lowest BCUT2D eigenvalue weighted by Crippen LogP contribution is -2.10. The quantitative estimate of drug-likeness (QED) is 0.773. The molecule has 5 heteroatoms. The topological polar surface area (TPSA) is 53.4 Å². The Bertz CT molecular complexity index is 590. The molecule has 0 amide bonds. The van der Waals surface area contributed by atoms with Gasteiger partial charge >= 0.3 is 0 Å². The molecule has 1 heterocycles. The summed E-state index contributed by atoms with van der Waals surface area (Å²) in [5, 5.41) is 0. The number of aryl methyl sites for hydroxylation is 1. The smallest absolute Gasteiger partial charge is 0.228 e. The number of carbonyl (C=O) groups is 1. The van der Waals surface area contributed by atoms with Crippen molar-refractivity contribution in [3.05, 3.63) is 42.0 Å². The third-order valence-corrected chi connectivity index (χ3v) is 2.90. The van der Waals surface area contributed by atoms with Crippen LogP contribution in [0.1, 0.15) is 23.1 Å². The van der Waals surface area contributed by atoms with E-state index in [1.165, 1.54) is 0 Å². The number of rotatable bonds is 5. The second-order valence-corrected chi connectivity index (χ2v) is 3.94. The van der Waals surface area contributed by atoms with Gasteiger partial charge in [0.1, 0.15) is 0 Å². The highest BCUT2D eigenvalue weighted by atomic mass is 16.5. The summed E-state index contributed by atoms with van der Waals surface area (Å²) >= 11 is 0. The molecule has 0 bridgehead atoms. The molecular weight excluding hydrogens is 244 g/mol. The van der Waals surface area contributed by atoms with E-state index in [-0.39, 0.29) is 5.78 Å². The lowest BCUT2D eigenvalue weighted by Gasteiger charge is -2.09. The van der Waals surface area contributed by atoms with Crippen LogP contribution < -0.4 is 9.47 Å². The van der Waals surface area contributed by atoms with E-state index in [1.807, 2.05) is 6.92 Å². The standard InChI is InChI=1S/C14H16N2O3/c1-4-16-8-7-15-14(16)13(17)10-5-6-11(18-2)12(9-10)19-3/h5-9H,4H2,1-3H3. The first-order valence-electron chi connectivity index (χ1n) is 5.99. The molecule has 0 aliphatic carbocycles. The van der Waals surface area contributed by atoms with Crippen LogP contribution in [0.3, 0.4) is 0 Å². The molecule has 100 valence electrons. The van der Waals surface area contributed by atoms with E-state index in [9.17, 15) is 4.79 Å². The fourth-order valence-electron chi connectivity index (χ4n) is 1.88. The summed E-state index contributed by atoms with van der Waals surface area (Å²) in [5.41, 5.74) is 0.526. The van der Waals surface area contributed by atoms with E-state index in [0.29, 0.717) is 29.4 Å². The van der Waals surface area contributed by atoms with Crippen molar-refractivity contribution in [2.24, 2.45) is 0 Å². The Morgan fingerprint density at radius 2 is 2.00 bits per heavy atom. The number of carbonyl (C=O) groups excluding carboxylic acids is 1. The molecule has 19 heavy (non-hydrogen) atoms. The average molecular weight is 260 g/mol. The highest BCUT2D eigenvalue weighted by molar-refractivity contribution is 6.07. The van der Waals surface area contributed by atoms with Gasteiger partial charge in [0, 0.05) is 24.5 Å². The fourth-order valence-corrected chi connectivity index (χ4v) is 1.88. The average Bonchev–Trinajstić information content (AvgIpc) is 2.94. The molecule has 0 radical (unpaired) electrons. The highest BCUT2D eigenvalue weighted by Gasteiger charge is 2.16. The van der Waals surface area contributed by atoms with Gasteiger partial charge in [-0.25, -0.2) is 4.98 Å². The number of methoxy groups -OCH3 is 2. The maximum absolute atomic E-state index is 12.4. The van der Waals surface area contributed by atoms with E-state index in [1.54, 1.807) is 49.4 Å². The van der Waals surface area contributed by atoms with Gasteiger partial charge in [-0.1, -0.05) is 0 Å². The summed E-state index contributed by atoms with van der Waals surface area (Å²) in [6.45, 7) is 2.67. The van der Waals surface area contributed by atoms with Crippen LogP contribution in [0.25, 0.3) is 0 Å². The molecule has 0 aliphatic rings. The fraction of sp³-hybridized carbons (Fsp3) is 0.286. The number of aromatic nitrogens is 2. The summed E-state index contributed by atoms with van der Waals surface area (Å²) in [5.74, 6) is 1.42. The van der Waals surface area contributed by atoms with Gasteiger partial charge in [-0.3, -0.25) is 4.79 Å². The number of benzene rings is 1. The predicted octanol–water partition coefficient (Wildman–Crippen LogP) is 2.15. The summed E-state index contributed by atoms with van der Waals surface area (Å²) in [6, 6.07) is 5.08. The molecule has 0 N–H and O–H groups in total. The zero-order valence-corrected chi connectivity index (χ0v) is 11.2. The minimum absolute atomic E-state index is 0.132. The Hall–Kier alpha value is -2.30. The number of hydrogen-bond donors (Lipinski definition) is 0. The van der Waals surface area contributed by atoms with E-state index < -0.39 is 0 Å². The van der Waals surface area contributed by atoms with Crippen molar-refractivity contribution in [1.82, 2.24) is 9.55 Å².